The van der Waals surface area contributed by atoms with E-state index in [9.17, 15) is 14.7 Å². The molecule has 1 amide bonds. The highest BCUT2D eigenvalue weighted by molar-refractivity contribution is 5.84. The Balaban J connectivity index is 2.17. The van der Waals surface area contributed by atoms with Crippen molar-refractivity contribution in [1.29, 1.82) is 0 Å². The molecule has 5 heteroatoms. The lowest BCUT2D eigenvalue weighted by molar-refractivity contribution is -0.157. The zero-order valence-electron chi connectivity index (χ0n) is 11.9. The van der Waals surface area contributed by atoms with Gasteiger partial charge < -0.3 is 14.7 Å². The Morgan fingerprint density at radius 3 is 2.26 bits per heavy atom. The minimum Gasteiger partial charge on any atom is -0.481 e. The lowest BCUT2D eigenvalue weighted by Crippen LogP contribution is -2.49. The van der Waals surface area contributed by atoms with Gasteiger partial charge in [0.25, 0.3) is 0 Å². The minimum absolute atomic E-state index is 0.0956. The largest absolute Gasteiger partial charge is 0.481 e. The summed E-state index contributed by atoms with van der Waals surface area (Å²) in [5.41, 5.74) is -1.34. The highest BCUT2D eigenvalue weighted by Gasteiger charge is 2.58. The Labute approximate surface area is 113 Å². The average Bonchev–Trinajstić information content (AvgIpc) is 2.62. The van der Waals surface area contributed by atoms with E-state index in [0.29, 0.717) is 39.1 Å². The van der Waals surface area contributed by atoms with E-state index in [1.54, 1.807) is 6.92 Å². The molecule has 1 aliphatic carbocycles. The molecular weight excluding hydrogens is 246 g/mol. The topological polar surface area (TPSA) is 66.8 Å². The van der Waals surface area contributed by atoms with Crippen LogP contribution in [0.5, 0.6) is 0 Å². The van der Waals surface area contributed by atoms with Crippen LogP contribution < -0.4 is 0 Å². The van der Waals surface area contributed by atoms with Crippen LogP contribution in [0.3, 0.4) is 0 Å². The van der Waals surface area contributed by atoms with Crippen LogP contribution in [0.15, 0.2) is 0 Å². The first-order chi connectivity index (χ1) is 8.80. The van der Waals surface area contributed by atoms with E-state index in [4.69, 9.17) is 4.74 Å². The highest BCUT2D eigenvalue weighted by Crippen LogP contribution is 2.56. The van der Waals surface area contributed by atoms with E-state index in [2.05, 4.69) is 0 Å². The van der Waals surface area contributed by atoms with Crippen molar-refractivity contribution in [2.24, 2.45) is 16.7 Å². The van der Waals surface area contributed by atoms with Crippen molar-refractivity contribution in [1.82, 2.24) is 4.90 Å². The third kappa shape index (κ3) is 2.14. The van der Waals surface area contributed by atoms with Crippen LogP contribution in [0.25, 0.3) is 0 Å². The van der Waals surface area contributed by atoms with Gasteiger partial charge in [0.05, 0.1) is 18.6 Å². The summed E-state index contributed by atoms with van der Waals surface area (Å²) < 4.78 is 5.26. The molecule has 1 heterocycles. The van der Waals surface area contributed by atoms with Crippen LogP contribution in [0.1, 0.15) is 33.6 Å². The summed E-state index contributed by atoms with van der Waals surface area (Å²) in [7, 11) is 0. The summed E-state index contributed by atoms with van der Waals surface area (Å²) >= 11 is 0. The van der Waals surface area contributed by atoms with E-state index in [-0.39, 0.29) is 11.8 Å². The summed E-state index contributed by atoms with van der Waals surface area (Å²) in [4.78, 5) is 26.0. The van der Waals surface area contributed by atoms with E-state index in [0.717, 1.165) is 0 Å². The van der Waals surface area contributed by atoms with E-state index in [1.807, 2.05) is 18.7 Å². The van der Waals surface area contributed by atoms with Crippen LogP contribution in [-0.2, 0) is 14.3 Å². The predicted molar refractivity (Wildman–Crippen MR) is 69.6 cm³/mol. The summed E-state index contributed by atoms with van der Waals surface area (Å²) in [5.74, 6) is -0.903. The van der Waals surface area contributed by atoms with Crippen molar-refractivity contribution in [3.63, 3.8) is 0 Å². The maximum atomic E-state index is 12.6. The quantitative estimate of drug-likeness (QED) is 0.822. The lowest BCUT2D eigenvalue weighted by atomic mass is 9.65. The fourth-order valence-corrected chi connectivity index (χ4v) is 3.32. The van der Waals surface area contributed by atoms with Gasteiger partial charge in [-0.2, -0.15) is 0 Å². The number of aliphatic carboxylic acids is 1. The van der Waals surface area contributed by atoms with Crippen LogP contribution >= 0.6 is 0 Å². The molecule has 0 aromatic carbocycles. The van der Waals surface area contributed by atoms with Crippen LogP contribution in [0.2, 0.25) is 0 Å². The molecule has 108 valence electrons. The molecule has 2 fully saturated rings. The normalized spacial score (nSPS) is 34.3. The van der Waals surface area contributed by atoms with Crippen molar-refractivity contribution in [2.75, 3.05) is 26.3 Å². The highest BCUT2D eigenvalue weighted by atomic mass is 16.5. The molecule has 1 saturated heterocycles. The number of carboxylic acid groups (broad SMARTS) is 1. The Kier molecular flexibility index (Phi) is 3.60. The minimum atomic E-state index is -0.820. The van der Waals surface area contributed by atoms with Crippen molar-refractivity contribution in [3.05, 3.63) is 0 Å². The number of carboxylic acids is 1. The molecule has 1 saturated carbocycles. The van der Waals surface area contributed by atoms with Gasteiger partial charge in [-0.25, -0.2) is 0 Å². The SMILES string of the molecule is CC1(C)[C@H](C(=O)N2CCOCC2)CC[C@@]1(C)C(=O)O. The zero-order valence-corrected chi connectivity index (χ0v) is 11.9. The molecule has 0 aromatic rings. The number of amides is 1. The third-order valence-electron chi connectivity index (χ3n) is 5.32. The van der Waals surface area contributed by atoms with Gasteiger partial charge in [-0.1, -0.05) is 13.8 Å². The molecule has 0 bridgehead atoms. The number of carbonyl (C=O) groups is 2. The van der Waals surface area contributed by atoms with Crippen molar-refractivity contribution >= 4 is 11.9 Å². The van der Waals surface area contributed by atoms with Crippen LogP contribution in [-0.4, -0.2) is 48.2 Å². The van der Waals surface area contributed by atoms with E-state index < -0.39 is 16.8 Å². The first kappa shape index (κ1) is 14.3. The molecule has 0 unspecified atom stereocenters. The second-order valence-corrected chi connectivity index (χ2v) is 6.39. The van der Waals surface area contributed by atoms with Crippen molar-refractivity contribution in [3.8, 4) is 0 Å². The number of nitrogens with zero attached hydrogens (tertiary/aromatic N) is 1. The zero-order chi connectivity index (χ0) is 14.3. The van der Waals surface area contributed by atoms with Crippen molar-refractivity contribution < 1.29 is 19.4 Å². The second kappa shape index (κ2) is 4.78. The lowest BCUT2D eigenvalue weighted by Gasteiger charge is -2.40. The first-order valence-electron chi connectivity index (χ1n) is 6.90. The van der Waals surface area contributed by atoms with Gasteiger partial charge >= 0.3 is 5.97 Å². The molecule has 5 nitrogen and oxygen atoms in total. The molecule has 2 atom stereocenters. The Hall–Kier alpha value is -1.10. The molecule has 19 heavy (non-hydrogen) atoms. The third-order valence-corrected chi connectivity index (χ3v) is 5.32. The monoisotopic (exact) mass is 269 g/mol. The number of rotatable bonds is 2. The van der Waals surface area contributed by atoms with E-state index in [1.165, 1.54) is 0 Å². The van der Waals surface area contributed by atoms with Crippen molar-refractivity contribution in [2.45, 2.75) is 33.6 Å². The predicted octanol–water partition coefficient (Wildman–Crippen LogP) is 1.37. The number of morpholine rings is 1. The maximum absolute atomic E-state index is 12.6. The fourth-order valence-electron chi connectivity index (χ4n) is 3.32. The Bertz CT molecular complexity index is 387. The number of ether oxygens (including phenoxy) is 1. The number of hydrogen-bond donors (Lipinski definition) is 1. The standard InChI is InChI=1S/C14H23NO4/c1-13(2)10(4-5-14(13,3)12(17)18)11(16)15-6-8-19-9-7-15/h10H,4-9H2,1-3H3,(H,17,18)/t10-,14-/m0/s1. The number of carbonyl (C=O) groups excluding carboxylic acids is 1. The van der Waals surface area contributed by atoms with Gasteiger partial charge in [-0.3, -0.25) is 9.59 Å². The molecule has 2 rings (SSSR count). The second-order valence-electron chi connectivity index (χ2n) is 6.39. The molecular formula is C14H23NO4. The molecule has 2 aliphatic rings. The van der Waals surface area contributed by atoms with Gasteiger partial charge in [0.1, 0.15) is 0 Å². The molecule has 1 N–H and O–H groups in total. The Morgan fingerprint density at radius 2 is 1.79 bits per heavy atom. The van der Waals surface area contributed by atoms with Gasteiger partial charge in [0, 0.05) is 19.0 Å². The summed E-state index contributed by atoms with van der Waals surface area (Å²) in [6.45, 7) is 7.99. The Morgan fingerprint density at radius 1 is 1.21 bits per heavy atom. The molecule has 0 spiro atoms. The summed E-state index contributed by atoms with van der Waals surface area (Å²) in [5, 5.41) is 9.47. The van der Waals surface area contributed by atoms with Gasteiger partial charge in [-0.15, -0.1) is 0 Å². The van der Waals surface area contributed by atoms with Crippen LogP contribution in [0, 0.1) is 16.7 Å². The van der Waals surface area contributed by atoms with Gasteiger partial charge in [-0.05, 0) is 25.2 Å². The van der Waals surface area contributed by atoms with Gasteiger partial charge in [0.15, 0.2) is 0 Å². The molecule has 0 radical (unpaired) electrons. The summed E-state index contributed by atoms with van der Waals surface area (Å²) in [6, 6.07) is 0. The molecule has 0 aromatic heterocycles. The first-order valence-corrected chi connectivity index (χ1v) is 6.90. The number of hydrogen-bond acceptors (Lipinski definition) is 3. The maximum Gasteiger partial charge on any atom is 0.309 e. The van der Waals surface area contributed by atoms with Gasteiger partial charge in [0.2, 0.25) is 5.91 Å². The average molecular weight is 269 g/mol. The summed E-state index contributed by atoms with van der Waals surface area (Å²) in [6.07, 6.45) is 1.22. The fraction of sp³-hybridized carbons (Fsp3) is 0.857. The van der Waals surface area contributed by atoms with E-state index >= 15 is 0 Å². The van der Waals surface area contributed by atoms with Crippen LogP contribution in [0.4, 0.5) is 0 Å². The molecule has 1 aliphatic heterocycles. The smallest absolute Gasteiger partial charge is 0.309 e.